The van der Waals surface area contributed by atoms with Crippen LogP contribution in [0.5, 0.6) is 11.5 Å². The molecule has 1 atom stereocenters. The largest absolute Gasteiger partial charge is 0.504 e. The number of rotatable bonds is 6. The van der Waals surface area contributed by atoms with Crippen molar-refractivity contribution < 1.29 is 14.6 Å². The zero-order valence-electron chi connectivity index (χ0n) is 11.9. The molecule has 0 radical (unpaired) electrons. The van der Waals surface area contributed by atoms with Crippen LogP contribution in [0.25, 0.3) is 0 Å². The molecule has 1 rings (SSSR count). The third-order valence-electron chi connectivity index (χ3n) is 2.73. The number of nitrogens with one attached hydrogen (secondary N) is 2. The summed E-state index contributed by atoms with van der Waals surface area (Å²) < 4.78 is 5.04. The van der Waals surface area contributed by atoms with Gasteiger partial charge in [-0.15, -0.1) is 0 Å². The molecule has 0 heterocycles. The Bertz CT molecular complexity index is 433. The van der Waals surface area contributed by atoms with Crippen molar-refractivity contribution in [2.75, 3.05) is 7.11 Å². The molecule has 19 heavy (non-hydrogen) atoms. The second-order valence-electron chi connectivity index (χ2n) is 4.73. The van der Waals surface area contributed by atoms with Crippen LogP contribution in [0.1, 0.15) is 26.3 Å². The number of amides is 1. The number of benzene rings is 1. The van der Waals surface area contributed by atoms with E-state index in [2.05, 4.69) is 10.6 Å². The van der Waals surface area contributed by atoms with Crippen LogP contribution < -0.4 is 15.4 Å². The van der Waals surface area contributed by atoms with Gasteiger partial charge in [0, 0.05) is 18.2 Å². The van der Waals surface area contributed by atoms with Gasteiger partial charge in [-0.2, -0.15) is 0 Å². The summed E-state index contributed by atoms with van der Waals surface area (Å²) in [5.41, 5.74) is 0.698. The maximum atomic E-state index is 11.7. The van der Waals surface area contributed by atoms with Crippen LogP contribution in [-0.2, 0) is 11.3 Å². The maximum Gasteiger partial charge on any atom is 0.237 e. The van der Waals surface area contributed by atoms with Crippen molar-refractivity contribution in [3.63, 3.8) is 0 Å². The van der Waals surface area contributed by atoms with E-state index in [4.69, 9.17) is 4.74 Å². The van der Waals surface area contributed by atoms with Crippen molar-refractivity contribution in [2.24, 2.45) is 0 Å². The van der Waals surface area contributed by atoms with Gasteiger partial charge < -0.3 is 20.5 Å². The van der Waals surface area contributed by atoms with Crippen LogP contribution in [-0.4, -0.2) is 30.2 Å². The van der Waals surface area contributed by atoms with Crippen molar-refractivity contribution in [3.8, 4) is 11.5 Å². The van der Waals surface area contributed by atoms with Crippen molar-refractivity contribution in [2.45, 2.75) is 39.4 Å². The van der Waals surface area contributed by atoms with E-state index in [9.17, 15) is 9.90 Å². The summed E-state index contributed by atoms with van der Waals surface area (Å²) in [5.74, 6) is 0.477. The first-order valence-electron chi connectivity index (χ1n) is 6.34. The molecule has 5 nitrogen and oxygen atoms in total. The van der Waals surface area contributed by atoms with E-state index in [0.29, 0.717) is 17.9 Å². The molecular weight excluding hydrogens is 244 g/mol. The Kier molecular flexibility index (Phi) is 5.63. The molecule has 1 aromatic carbocycles. The minimum atomic E-state index is -0.326. The van der Waals surface area contributed by atoms with Gasteiger partial charge >= 0.3 is 0 Å². The molecule has 0 fully saturated rings. The van der Waals surface area contributed by atoms with Gasteiger partial charge in [-0.05, 0) is 26.8 Å². The topological polar surface area (TPSA) is 70.6 Å². The van der Waals surface area contributed by atoms with E-state index in [-0.39, 0.29) is 23.7 Å². The first-order valence-corrected chi connectivity index (χ1v) is 6.34. The number of para-hydroxylation sites is 1. The number of ether oxygens (including phenoxy) is 1. The quantitative estimate of drug-likeness (QED) is 0.728. The molecule has 0 aliphatic carbocycles. The first-order chi connectivity index (χ1) is 8.95. The summed E-state index contributed by atoms with van der Waals surface area (Å²) in [6.45, 7) is 6.02. The average molecular weight is 266 g/mol. The molecule has 0 spiro atoms. The second-order valence-corrected chi connectivity index (χ2v) is 4.73. The molecule has 0 aliphatic rings. The zero-order valence-corrected chi connectivity index (χ0v) is 11.9. The number of methoxy groups -OCH3 is 1. The van der Waals surface area contributed by atoms with Crippen LogP contribution >= 0.6 is 0 Å². The molecule has 1 aromatic rings. The van der Waals surface area contributed by atoms with Crippen LogP contribution in [0.3, 0.4) is 0 Å². The molecule has 0 aliphatic heterocycles. The monoisotopic (exact) mass is 266 g/mol. The fourth-order valence-electron chi connectivity index (χ4n) is 1.64. The molecule has 1 amide bonds. The lowest BCUT2D eigenvalue weighted by molar-refractivity contribution is -0.123. The Hall–Kier alpha value is -1.75. The van der Waals surface area contributed by atoms with Gasteiger partial charge in [-0.1, -0.05) is 12.1 Å². The minimum absolute atomic E-state index is 0.0580. The third kappa shape index (κ3) is 4.44. The second kappa shape index (κ2) is 6.99. The molecule has 3 N–H and O–H groups in total. The highest BCUT2D eigenvalue weighted by Crippen LogP contribution is 2.29. The Labute approximate surface area is 114 Å². The van der Waals surface area contributed by atoms with Gasteiger partial charge in [0.05, 0.1) is 13.2 Å². The lowest BCUT2D eigenvalue weighted by Crippen LogP contribution is -2.44. The fourth-order valence-corrected chi connectivity index (χ4v) is 1.64. The molecular formula is C14H22N2O3. The van der Waals surface area contributed by atoms with Gasteiger partial charge in [0.15, 0.2) is 11.5 Å². The highest BCUT2D eigenvalue weighted by atomic mass is 16.5. The maximum absolute atomic E-state index is 11.7. The lowest BCUT2D eigenvalue weighted by atomic mass is 10.1. The summed E-state index contributed by atoms with van der Waals surface area (Å²) in [7, 11) is 1.50. The summed E-state index contributed by atoms with van der Waals surface area (Å²) in [5, 5.41) is 15.8. The van der Waals surface area contributed by atoms with Crippen LogP contribution in [0.2, 0.25) is 0 Å². The van der Waals surface area contributed by atoms with Crippen LogP contribution in [0.4, 0.5) is 0 Å². The van der Waals surface area contributed by atoms with Crippen molar-refractivity contribution in [1.29, 1.82) is 0 Å². The summed E-state index contributed by atoms with van der Waals surface area (Å²) in [4.78, 5) is 11.7. The van der Waals surface area contributed by atoms with Gasteiger partial charge in [0.25, 0.3) is 0 Å². The molecule has 0 saturated carbocycles. The number of carbonyl (C=O) groups excluding carboxylic acids is 1. The number of phenols is 1. The standard InChI is InChI=1S/C14H22N2O3/c1-9(2)16-14(18)10(3)15-8-11-6-5-7-12(19-4)13(11)17/h5-7,9-10,15,17H,8H2,1-4H3,(H,16,18). The van der Waals surface area contributed by atoms with Crippen molar-refractivity contribution in [3.05, 3.63) is 23.8 Å². The summed E-state index contributed by atoms with van der Waals surface area (Å²) >= 11 is 0. The normalized spacial score (nSPS) is 12.3. The van der Waals surface area contributed by atoms with E-state index in [1.165, 1.54) is 7.11 Å². The van der Waals surface area contributed by atoms with E-state index in [1.807, 2.05) is 13.8 Å². The smallest absolute Gasteiger partial charge is 0.237 e. The highest BCUT2D eigenvalue weighted by molar-refractivity contribution is 5.81. The van der Waals surface area contributed by atoms with Gasteiger partial charge in [-0.3, -0.25) is 4.79 Å². The Balaban J connectivity index is 2.59. The van der Waals surface area contributed by atoms with Crippen LogP contribution in [0.15, 0.2) is 18.2 Å². The predicted octanol–water partition coefficient (Wildman–Crippen LogP) is 1.40. The van der Waals surface area contributed by atoms with Crippen molar-refractivity contribution >= 4 is 5.91 Å². The van der Waals surface area contributed by atoms with Gasteiger partial charge in [0.2, 0.25) is 5.91 Å². The lowest BCUT2D eigenvalue weighted by Gasteiger charge is -2.16. The molecule has 0 aromatic heterocycles. The summed E-state index contributed by atoms with van der Waals surface area (Å²) in [6.07, 6.45) is 0. The summed E-state index contributed by atoms with van der Waals surface area (Å²) in [6, 6.07) is 5.06. The molecule has 0 saturated heterocycles. The Morgan fingerprint density at radius 2 is 2.05 bits per heavy atom. The Morgan fingerprint density at radius 3 is 2.63 bits per heavy atom. The average Bonchev–Trinajstić information content (AvgIpc) is 2.36. The minimum Gasteiger partial charge on any atom is -0.504 e. The first kappa shape index (κ1) is 15.3. The van der Waals surface area contributed by atoms with E-state index in [1.54, 1.807) is 25.1 Å². The predicted molar refractivity (Wildman–Crippen MR) is 74.2 cm³/mol. The zero-order chi connectivity index (χ0) is 14.4. The number of aromatic hydroxyl groups is 1. The molecule has 0 bridgehead atoms. The number of phenolic OH excluding ortho intramolecular Hbond substituents is 1. The SMILES string of the molecule is COc1cccc(CNC(C)C(=O)NC(C)C)c1O. The fraction of sp³-hybridized carbons (Fsp3) is 0.500. The number of hydrogen-bond acceptors (Lipinski definition) is 4. The van der Waals surface area contributed by atoms with E-state index < -0.39 is 0 Å². The third-order valence-corrected chi connectivity index (χ3v) is 2.73. The van der Waals surface area contributed by atoms with E-state index >= 15 is 0 Å². The number of carbonyl (C=O) groups is 1. The van der Waals surface area contributed by atoms with Gasteiger partial charge in [-0.25, -0.2) is 0 Å². The highest BCUT2D eigenvalue weighted by Gasteiger charge is 2.14. The van der Waals surface area contributed by atoms with Crippen molar-refractivity contribution in [1.82, 2.24) is 10.6 Å². The van der Waals surface area contributed by atoms with Crippen LogP contribution in [0, 0.1) is 0 Å². The molecule has 1 unspecified atom stereocenters. The number of hydrogen-bond donors (Lipinski definition) is 3. The molecule has 106 valence electrons. The van der Waals surface area contributed by atoms with Gasteiger partial charge in [0.1, 0.15) is 0 Å². The Morgan fingerprint density at radius 1 is 1.37 bits per heavy atom. The molecule has 5 heteroatoms. The van der Waals surface area contributed by atoms with E-state index in [0.717, 1.165) is 0 Å².